The van der Waals surface area contributed by atoms with Crippen molar-refractivity contribution in [1.82, 2.24) is 4.98 Å². The van der Waals surface area contributed by atoms with Crippen molar-refractivity contribution in [3.05, 3.63) is 30.0 Å². The van der Waals surface area contributed by atoms with E-state index in [0.29, 0.717) is 0 Å². The quantitative estimate of drug-likeness (QED) is 0.651. The second-order valence-corrected chi connectivity index (χ2v) is 4.40. The van der Waals surface area contributed by atoms with Crippen molar-refractivity contribution in [2.75, 3.05) is 7.11 Å². The minimum atomic E-state index is -0.589. The van der Waals surface area contributed by atoms with Crippen LogP contribution in [0.25, 0.3) is 10.9 Å². The molecule has 4 nitrogen and oxygen atoms in total. The predicted molar refractivity (Wildman–Crippen MR) is 66.0 cm³/mol. The molecule has 0 unspecified atom stereocenters. The summed E-state index contributed by atoms with van der Waals surface area (Å²) in [6.45, 7) is 3.72. The van der Waals surface area contributed by atoms with E-state index in [0.717, 1.165) is 22.3 Å². The lowest BCUT2D eigenvalue weighted by molar-refractivity contribution is 0.415. The minimum Gasteiger partial charge on any atom is -0.497 e. The van der Waals surface area contributed by atoms with Gasteiger partial charge in [-0.1, -0.05) is 0 Å². The van der Waals surface area contributed by atoms with Crippen molar-refractivity contribution in [3.8, 4) is 5.75 Å². The Balaban J connectivity index is 2.54. The highest BCUT2D eigenvalue weighted by Gasteiger charge is 2.21. The number of fused-ring (bicyclic) bond motifs is 1. The molecule has 1 N–H and O–H groups in total. The Labute approximate surface area is 99.3 Å². The van der Waals surface area contributed by atoms with Crippen LogP contribution in [-0.2, 0) is 10.3 Å². The summed E-state index contributed by atoms with van der Waals surface area (Å²) >= 11 is 0. The smallest absolute Gasteiger partial charge is 0.235 e. The summed E-state index contributed by atoms with van der Waals surface area (Å²) in [5.74, 6) is 0.794. The Kier molecular flexibility index (Phi) is 2.74. The summed E-state index contributed by atoms with van der Waals surface area (Å²) in [6, 6.07) is 7.76. The molecular formula is C13H14N2O2. The SMILES string of the molecule is COc1ccc2cc(C(C)(C)N=C=O)[nH]c2c1. The summed E-state index contributed by atoms with van der Waals surface area (Å²) < 4.78 is 5.16. The van der Waals surface area contributed by atoms with Crippen molar-refractivity contribution in [2.24, 2.45) is 4.99 Å². The van der Waals surface area contributed by atoms with Crippen LogP contribution in [0, 0.1) is 0 Å². The van der Waals surface area contributed by atoms with Crippen LogP contribution in [0.5, 0.6) is 5.75 Å². The molecule has 0 aliphatic heterocycles. The van der Waals surface area contributed by atoms with Gasteiger partial charge in [0.25, 0.3) is 0 Å². The number of aliphatic imine (C=N–C) groups is 1. The van der Waals surface area contributed by atoms with E-state index < -0.39 is 5.54 Å². The summed E-state index contributed by atoms with van der Waals surface area (Å²) in [4.78, 5) is 17.4. The summed E-state index contributed by atoms with van der Waals surface area (Å²) in [7, 11) is 1.63. The monoisotopic (exact) mass is 230 g/mol. The van der Waals surface area contributed by atoms with Gasteiger partial charge in [-0.05, 0) is 32.0 Å². The van der Waals surface area contributed by atoms with Gasteiger partial charge in [0.15, 0.2) is 0 Å². The number of rotatable bonds is 3. The second-order valence-electron chi connectivity index (χ2n) is 4.40. The zero-order valence-electron chi connectivity index (χ0n) is 10.1. The number of hydrogen-bond donors (Lipinski definition) is 1. The fourth-order valence-corrected chi connectivity index (χ4v) is 1.74. The van der Waals surface area contributed by atoms with Crippen LogP contribution in [0.15, 0.2) is 29.3 Å². The van der Waals surface area contributed by atoms with Crippen molar-refractivity contribution >= 4 is 17.0 Å². The van der Waals surface area contributed by atoms with Gasteiger partial charge in [-0.2, -0.15) is 4.99 Å². The van der Waals surface area contributed by atoms with Crippen molar-refractivity contribution in [3.63, 3.8) is 0 Å². The van der Waals surface area contributed by atoms with Gasteiger partial charge in [0.05, 0.1) is 7.11 Å². The molecule has 0 saturated carbocycles. The average Bonchev–Trinajstić information content (AvgIpc) is 2.72. The highest BCUT2D eigenvalue weighted by molar-refractivity contribution is 5.82. The van der Waals surface area contributed by atoms with Crippen LogP contribution in [0.4, 0.5) is 0 Å². The Morgan fingerprint density at radius 1 is 1.35 bits per heavy atom. The minimum absolute atomic E-state index is 0.589. The molecule has 0 spiro atoms. The van der Waals surface area contributed by atoms with E-state index in [-0.39, 0.29) is 0 Å². The fourth-order valence-electron chi connectivity index (χ4n) is 1.74. The molecule has 1 aromatic carbocycles. The van der Waals surface area contributed by atoms with E-state index in [1.165, 1.54) is 0 Å². The lowest BCUT2D eigenvalue weighted by Gasteiger charge is -2.14. The first-order valence-electron chi connectivity index (χ1n) is 5.33. The number of hydrogen-bond acceptors (Lipinski definition) is 3. The van der Waals surface area contributed by atoms with Crippen LogP contribution < -0.4 is 4.74 Å². The largest absolute Gasteiger partial charge is 0.497 e. The molecule has 1 heterocycles. The number of aromatic amines is 1. The van der Waals surface area contributed by atoms with E-state index in [1.807, 2.05) is 38.1 Å². The van der Waals surface area contributed by atoms with Crippen LogP contribution in [0.3, 0.4) is 0 Å². The first-order valence-corrected chi connectivity index (χ1v) is 5.33. The topological polar surface area (TPSA) is 54.4 Å². The number of nitrogens with one attached hydrogen (secondary N) is 1. The molecule has 1 aromatic heterocycles. The first kappa shape index (κ1) is 11.4. The van der Waals surface area contributed by atoms with Gasteiger partial charge in [0.1, 0.15) is 11.3 Å². The fraction of sp³-hybridized carbons (Fsp3) is 0.308. The van der Waals surface area contributed by atoms with E-state index in [4.69, 9.17) is 4.74 Å². The molecule has 0 radical (unpaired) electrons. The highest BCUT2D eigenvalue weighted by atomic mass is 16.5. The third-order valence-electron chi connectivity index (χ3n) is 2.81. The number of methoxy groups -OCH3 is 1. The molecule has 0 aliphatic rings. The maximum atomic E-state index is 10.4. The lowest BCUT2D eigenvalue weighted by Crippen LogP contribution is -2.13. The number of benzene rings is 1. The number of ether oxygens (including phenoxy) is 1. The third-order valence-corrected chi connectivity index (χ3v) is 2.81. The van der Waals surface area contributed by atoms with Crippen LogP contribution >= 0.6 is 0 Å². The second kappa shape index (κ2) is 4.07. The normalized spacial score (nSPS) is 11.2. The highest BCUT2D eigenvalue weighted by Crippen LogP contribution is 2.28. The number of H-pyrrole nitrogens is 1. The Morgan fingerprint density at radius 3 is 2.76 bits per heavy atom. The molecule has 0 fully saturated rings. The zero-order chi connectivity index (χ0) is 12.5. The number of aromatic nitrogens is 1. The third kappa shape index (κ3) is 2.08. The number of nitrogens with zero attached hydrogens (tertiary/aromatic N) is 1. The number of carbonyl (C=O) groups excluding carboxylic acids is 1. The first-order chi connectivity index (χ1) is 8.06. The maximum absolute atomic E-state index is 10.4. The molecule has 0 saturated heterocycles. The molecule has 0 aliphatic carbocycles. The Morgan fingerprint density at radius 2 is 2.12 bits per heavy atom. The summed E-state index contributed by atoms with van der Waals surface area (Å²) in [5.41, 5.74) is 1.26. The van der Waals surface area contributed by atoms with Gasteiger partial charge >= 0.3 is 0 Å². The molecular weight excluding hydrogens is 216 g/mol. The standard InChI is InChI=1S/C13H14N2O2/c1-13(2,14-8-16)12-6-9-4-5-10(17-3)7-11(9)15-12/h4-7,15H,1-3H3. The summed E-state index contributed by atoms with van der Waals surface area (Å²) in [5, 5.41) is 1.06. The maximum Gasteiger partial charge on any atom is 0.235 e. The predicted octanol–water partition coefficient (Wildman–Crippen LogP) is 2.75. The molecule has 17 heavy (non-hydrogen) atoms. The van der Waals surface area contributed by atoms with E-state index in [2.05, 4.69) is 9.98 Å². The van der Waals surface area contributed by atoms with Gasteiger partial charge < -0.3 is 9.72 Å². The van der Waals surface area contributed by atoms with Crippen LogP contribution in [-0.4, -0.2) is 18.2 Å². The number of isocyanates is 1. The van der Waals surface area contributed by atoms with E-state index >= 15 is 0 Å². The lowest BCUT2D eigenvalue weighted by atomic mass is 10.0. The van der Waals surface area contributed by atoms with Gasteiger partial charge in [-0.15, -0.1) is 0 Å². The van der Waals surface area contributed by atoms with Gasteiger partial charge in [0, 0.05) is 22.7 Å². The molecule has 0 atom stereocenters. The van der Waals surface area contributed by atoms with E-state index in [1.54, 1.807) is 13.2 Å². The van der Waals surface area contributed by atoms with Crippen molar-refractivity contribution in [2.45, 2.75) is 19.4 Å². The molecule has 0 amide bonds. The molecule has 4 heteroatoms. The van der Waals surface area contributed by atoms with Gasteiger partial charge in [0.2, 0.25) is 6.08 Å². The van der Waals surface area contributed by atoms with E-state index in [9.17, 15) is 4.79 Å². The van der Waals surface area contributed by atoms with Gasteiger partial charge in [-0.25, -0.2) is 4.79 Å². The summed E-state index contributed by atoms with van der Waals surface area (Å²) in [6.07, 6.45) is 1.60. The molecule has 2 rings (SSSR count). The van der Waals surface area contributed by atoms with Gasteiger partial charge in [-0.3, -0.25) is 0 Å². The van der Waals surface area contributed by atoms with Crippen LogP contribution in [0.2, 0.25) is 0 Å². The molecule has 2 aromatic rings. The zero-order valence-corrected chi connectivity index (χ0v) is 10.1. The molecule has 88 valence electrons. The Bertz CT molecular complexity index is 592. The van der Waals surface area contributed by atoms with Crippen molar-refractivity contribution < 1.29 is 9.53 Å². The van der Waals surface area contributed by atoms with Crippen molar-refractivity contribution in [1.29, 1.82) is 0 Å². The Hall–Kier alpha value is -2.06. The molecule has 0 bridgehead atoms. The van der Waals surface area contributed by atoms with Crippen LogP contribution in [0.1, 0.15) is 19.5 Å². The average molecular weight is 230 g/mol.